The largest absolute Gasteiger partial charge is 0.478 e. The third kappa shape index (κ3) is 3.14. The molecule has 0 heterocycles. The smallest absolute Gasteiger partial charge is 0.335 e. The molecular formula is C17H15N2O4+. The van der Waals surface area contributed by atoms with E-state index < -0.39 is 10.9 Å². The van der Waals surface area contributed by atoms with Gasteiger partial charge in [-0.1, -0.05) is 24.3 Å². The first-order valence-electron chi connectivity index (χ1n) is 6.91. The molecule has 116 valence electrons. The van der Waals surface area contributed by atoms with Crippen molar-refractivity contribution in [3.8, 4) is 0 Å². The highest BCUT2D eigenvalue weighted by molar-refractivity contribution is 5.88. The fraction of sp³-hybridized carbons (Fsp3) is 0. The average molecular weight is 311 g/mol. The fourth-order valence-corrected chi connectivity index (χ4v) is 2.30. The summed E-state index contributed by atoms with van der Waals surface area (Å²) in [6, 6.07) is 18.3. The summed E-state index contributed by atoms with van der Waals surface area (Å²) >= 11 is 0. The molecule has 0 aromatic heterocycles. The van der Waals surface area contributed by atoms with Gasteiger partial charge in [0.2, 0.25) is 5.69 Å². The molecule has 0 saturated heterocycles. The molecule has 0 unspecified atom stereocenters. The van der Waals surface area contributed by atoms with Crippen LogP contribution in [0.3, 0.4) is 0 Å². The summed E-state index contributed by atoms with van der Waals surface area (Å²) in [6.07, 6.45) is 0. The van der Waals surface area contributed by atoms with Gasteiger partial charge in [0.05, 0.1) is 16.2 Å². The van der Waals surface area contributed by atoms with Crippen molar-refractivity contribution in [3.05, 3.63) is 72.3 Å². The number of carboxylic acid groups (broad SMARTS) is 1. The third-order valence-electron chi connectivity index (χ3n) is 3.51. The van der Waals surface area contributed by atoms with Crippen LogP contribution in [-0.2, 0) is 0 Å². The molecule has 3 rings (SSSR count). The van der Waals surface area contributed by atoms with Crippen molar-refractivity contribution in [2.75, 3.05) is 5.43 Å². The molecule has 0 saturated carbocycles. The molecule has 0 spiro atoms. The van der Waals surface area contributed by atoms with Crippen molar-refractivity contribution in [1.29, 1.82) is 0 Å². The molecule has 23 heavy (non-hydrogen) atoms. The molecule has 0 fully saturated rings. The molecule has 6 nitrogen and oxygen atoms in total. The Morgan fingerprint density at radius 2 is 1.52 bits per heavy atom. The molecule has 3 aromatic carbocycles. The quantitative estimate of drug-likeness (QED) is 0.436. The second kappa shape index (κ2) is 5.69. The molecule has 0 atom stereocenters. The van der Waals surface area contributed by atoms with Gasteiger partial charge < -0.3 is 5.11 Å². The molecule has 0 radical (unpaired) electrons. The van der Waals surface area contributed by atoms with Crippen LogP contribution in [-0.4, -0.2) is 21.5 Å². The number of fused-ring (bicyclic) bond motifs is 1. The Balaban J connectivity index is 1.88. The summed E-state index contributed by atoms with van der Waals surface area (Å²) < 4.78 is 0. The highest BCUT2D eigenvalue weighted by atomic mass is 16.9. The topological polar surface area (TPSA) is 89.8 Å². The maximum Gasteiger partial charge on any atom is 0.335 e. The zero-order chi connectivity index (χ0) is 16.4. The minimum absolute atomic E-state index is 0.121. The summed E-state index contributed by atoms with van der Waals surface area (Å²) in [6.45, 7) is 0. The van der Waals surface area contributed by atoms with Crippen LogP contribution in [0.15, 0.2) is 66.7 Å². The standard InChI is InChI=1S/C17H14N2O4/c20-17(21)13-5-8-15(9-6-13)18-19(22,23)16-10-7-12-3-1-2-4-14(12)11-16/h1-11,18,22-23H/p+1. The number of aromatic carboxylic acids is 1. The van der Waals surface area contributed by atoms with Gasteiger partial charge in [0.1, 0.15) is 0 Å². The first-order chi connectivity index (χ1) is 11.0. The van der Waals surface area contributed by atoms with Gasteiger partial charge >= 0.3 is 5.97 Å². The highest BCUT2D eigenvalue weighted by Crippen LogP contribution is 2.25. The second-order valence-corrected chi connectivity index (χ2v) is 5.13. The minimum Gasteiger partial charge on any atom is -0.478 e. The summed E-state index contributed by atoms with van der Waals surface area (Å²) in [5.41, 5.74) is 3.24. The monoisotopic (exact) mass is 311 g/mol. The molecule has 0 amide bonds. The maximum absolute atomic E-state index is 10.8. The number of carbonyl (C=O) groups is 1. The molecule has 6 heteroatoms. The van der Waals surface area contributed by atoms with Crippen LogP contribution in [0.2, 0.25) is 0 Å². The number of nitrogens with zero attached hydrogens (tertiary/aromatic N) is 1. The summed E-state index contributed by atoms with van der Waals surface area (Å²) in [4.78, 5) is 9.28. The molecule has 4 N–H and O–H groups in total. The van der Waals surface area contributed by atoms with E-state index in [-0.39, 0.29) is 11.3 Å². The van der Waals surface area contributed by atoms with E-state index in [0.717, 1.165) is 10.8 Å². The number of rotatable bonds is 4. The lowest BCUT2D eigenvalue weighted by Crippen LogP contribution is -2.47. The molecule has 0 aliphatic rings. The lowest BCUT2D eigenvalue weighted by atomic mass is 10.1. The Morgan fingerprint density at radius 1 is 0.870 bits per heavy atom. The Morgan fingerprint density at radius 3 is 2.17 bits per heavy atom. The molecular weight excluding hydrogens is 296 g/mol. The summed E-state index contributed by atoms with van der Waals surface area (Å²) in [7, 11) is 0. The normalized spacial score (nSPS) is 11.4. The number of benzene rings is 3. The van der Waals surface area contributed by atoms with Crippen LogP contribution in [0, 0.1) is 0 Å². The van der Waals surface area contributed by atoms with Crippen LogP contribution < -0.4 is 10.3 Å². The predicted octanol–water partition coefficient (Wildman–Crippen LogP) is 3.65. The van der Waals surface area contributed by atoms with Crippen molar-refractivity contribution >= 4 is 28.1 Å². The van der Waals surface area contributed by atoms with Crippen LogP contribution >= 0.6 is 0 Å². The second-order valence-electron chi connectivity index (χ2n) is 5.13. The van der Waals surface area contributed by atoms with Gasteiger partial charge in [0.15, 0.2) is 0 Å². The van der Waals surface area contributed by atoms with E-state index in [2.05, 4.69) is 5.43 Å². The van der Waals surface area contributed by atoms with Crippen molar-refractivity contribution in [3.63, 3.8) is 0 Å². The number of anilines is 1. The Kier molecular flexibility index (Phi) is 3.71. The van der Waals surface area contributed by atoms with Gasteiger partial charge in [-0.15, -0.1) is 10.4 Å². The molecule has 0 aliphatic heterocycles. The van der Waals surface area contributed by atoms with E-state index >= 15 is 0 Å². The molecule has 0 bridgehead atoms. The van der Waals surface area contributed by atoms with Crippen LogP contribution in [0.1, 0.15) is 10.4 Å². The van der Waals surface area contributed by atoms with Crippen molar-refractivity contribution < 1.29 is 20.3 Å². The predicted molar refractivity (Wildman–Crippen MR) is 86.3 cm³/mol. The van der Waals surface area contributed by atoms with Crippen LogP contribution in [0.4, 0.5) is 11.4 Å². The van der Waals surface area contributed by atoms with Crippen molar-refractivity contribution in [2.45, 2.75) is 0 Å². The lowest BCUT2D eigenvalue weighted by Gasteiger charge is -2.21. The maximum atomic E-state index is 10.8. The first kappa shape index (κ1) is 15.0. The van der Waals surface area contributed by atoms with Gasteiger partial charge in [-0.25, -0.2) is 4.79 Å². The van der Waals surface area contributed by atoms with E-state index in [1.807, 2.05) is 24.3 Å². The summed E-state index contributed by atoms with van der Waals surface area (Å²) in [5.74, 6) is -1.04. The zero-order valence-electron chi connectivity index (χ0n) is 12.0. The van der Waals surface area contributed by atoms with Gasteiger partial charge in [0, 0.05) is 12.1 Å². The fourth-order valence-electron chi connectivity index (χ4n) is 2.30. The lowest BCUT2D eigenvalue weighted by molar-refractivity contribution is -0.272. The molecule has 3 aromatic rings. The van der Waals surface area contributed by atoms with Crippen LogP contribution in [0.5, 0.6) is 0 Å². The van der Waals surface area contributed by atoms with E-state index in [1.165, 1.54) is 24.3 Å². The minimum atomic E-state index is -1.54. The van der Waals surface area contributed by atoms with E-state index in [0.29, 0.717) is 5.69 Å². The number of quaternary nitrogens is 1. The summed E-state index contributed by atoms with van der Waals surface area (Å²) in [5, 5.41) is 31.2. The molecule has 0 aliphatic carbocycles. The Labute approximate surface area is 131 Å². The van der Waals surface area contributed by atoms with E-state index in [1.54, 1.807) is 18.2 Å². The highest BCUT2D eigenvalue weighted by Gasteiger charge is 2.27. The van der Waals surface area contributed by atoms with Gasteiger partial charge in [-0.3, -0.25) is 0 Å². The van der Waals surface area contributed by atoms with Crippen molar-refractivity contribution in [1.82, 2.24) is 4.92 Å². The van der Waals surface area contributed by atoms with Gasteiger partial charge in [-0.2, -0.15) is 5.43 Å². The van der Waals surface area contributed by atoms with E-state index in [9.17, 15) is 15.2 Å². The van der Waals surface area contributed by atoms with Crippen LogP contribution in [0.25, 0.3) is 10.8 Å². The Hall–Kier alpha value is -2.93. The third-order valence-corrected chi connectivity index (χ3v) is 3.51. The SMILES string of the molecule is O=C(O)c1ccc(N[N+](O)(O)c2ccc3ccccc3c2)cc1. The first-order valence-corrected chi connectivity index (χ1v) is 6.91. The number of nitrogens with one attached hydrogen (secondary N) is 1. The number of hydrogen-bond acceptors (Lipinski definition) is 4. The average Bonchev–Trinajstić information content (AvgIpc) is 2.54. The van der Waals surface area contributed by atoms with Gasteiger partial charge in [-0.05, 0) is 41.1 Å². The number of carboxylic acids is 1. The number of hydrogen-bond donors (Lipinski definition) is 4. The zero-order valence-corrected chi connectivity index (χ0v) is 12.0. The van der Waals surface area contributed by atoms with E-state index in [4.69, 9.17) is 5.11 Å². The van der Waals surface area contributed by atoms with Gasteiger partial charge in [0.25, 0.3) is 0 Å². The van der Waals surface area contributed by atoms with Crippen molar-refractivity contribution in [2.24, 2.45) is 0 Å². The Bertz CT molecular complexity index is 860.